The lowest BCUT2D eigenvalue weighted by Crippen LogP contribution is -2.04. The number of unbranched alkanes of at least 4 members (excludes halogenated alkanes) is 26. The fraction of sp³-hybridized carbons (Fsp3) is 0.696. The van der Waals surface area contributed by atoms with Crippen molar-refractivity contribution in [3.8, 4) is 11.5 Å². The Kier molecular flexibility index (Phi) is 24.4. The lowest BCUT2D eigenvalue weighted by Gasteiger charge is -2.19. The highest BCUT2D eigenvalue weighted by Crippen LogP contribution is 2.45. The largest absolute Gasteiger partial charge is 0.489 e. The Hall–Kier alpha value is -1.26. The fourth-order valence-corrected chi connectivity index (χ4v) is 8.07. The normalized spacial score (nSPS) is 11.6. The van der Waals surface area contributed by atoms with Crippen LogP contribution in [0.15, 0.2) is 45.3 Å². The summed E-state index contributed by atoms with van der Waals surface area (Å²) in [6.45, 7) is 6.06. The molecule has 0 saturated carbocycles. The average molecular weight is 817 g/mol. The molecule has 3 aromatic rings. The summed E-state index contributed by atoms with van der Waals surface area (Å²) in [6, 6.07) is 13.1. The van der Waals surface area contributed by atoms with Gasteiger partial charge in [0.15, 0.2) is 11.5 Å². The highest BCUT2D eigenvalue weighted by atomic mass is 79.9. The van der Waals surface area contributed by atoms with Crippen molar-refractivity contribution >= 4 is 53.4 Å². The summed E-state index contributed by atoms with van der Waals surface area (Å²) in [4.78, 5) is 0. The SMILES string of the molecule is CCCCCCCCCCCCCCCCOc1c(OCCCCCCCCCCCCCCCC)c2cc(Br)ccc2c2ccc(Br)cc12. The number of halogens is 2. The van der Waals surface area contributed by atoms with Gasteiger partial charge in [0.25, 0.3) is 0 Å². The van der Waals surface area contributed by atoms with Crippen molar-refractivity contribution in [1.29, 1.82) is 0 Å². The van der Waals surface area contributed by atoms with Crippen molar-refractivity contribution in [2.24, 2.45) is 0 Å². The van der Waals surface area contributed by atoms with E-state index in [9.17, 15) is 0 Å². The first kappa shape index (κ1) is 43.1. The number of hydrogen-bond acceptors (Lipinski definition) is 2. The summed E-state index contributed by atoms with van der Waals surface area (Å²) in [5.74, 6) is 1.82. The van der Waals surface area contributed by atoms with Crippen molar-refractivity contribution < 1.29 is 9.47 Å². The van der Waals surface area contributed by atoms with Gasteiger partial charge in [-0.25, -0.2) is 0 Å². The number of fused-ring (bicyclic) bond motifs is 3. The van der Waals surface area contributed by atoms with Crippen LogP contribution >= 0.6 is 31.9 Å². The third kappa shape index (κ3) is 17.5. The Morgan fingerprint density at radius 3 is 0.880 bits per heavy atom. The molecule has 0 fully saturated rings. The van der Waals surface area contributed by atoms with Crippen molar-refractivity contribution in [3.05, 3.63) is 45.3 Å². The zero-order chi connectivity index (χ0) is 35.5. The lowest BCUT2D eigenvalue weighted by atomic mass is 10.00. The summed E-state index contributed by atoms with van der Waals surface area (Å²) in [6.07, 6.45) is 38.2. The molecule has 0 heterocycles. The molecule has 50 heavy (non-hydrogen) atoms. The fourth-order valence-electron chi connectivity index (χ4n) is 7.35. The molecule has 0 aliphatic heterocycles. The van der Waals surface area contributed by atoms with Crippen LogP contribution in [0, 0.1) is 0 Å². The van der Waals surface area contributed by atoms with E-state index in [0.29, 0.717) is 0 Å². The molecule has 282 valence electrons. The lowest BCUT2D eigenvalue weighted by molar-refractivity contribution is 0.263. The second kappa shape index (κ2) is 28.3. The number of benzene rings is 3. The van der Waals surface area contributed by atoms with Gasteiger partial charge in [0.1, 0.15) is 0 Å². The highest BCUT2D eigenvalue weighted by molar-refractivity contribution is 9.10. The second-order valence-electron chi connectivity index (χ2n) is 14.9. The zero-order valence-electron chi connectivity index (χ0n) is 32.2. The zero-order valence-corrected chi connectivity index (χ0v) is 35.4. The topological polar surface area (TPSA) is 18.5 Å². The van der Waals surface area contributed by atoms with Gasteiger partial charge in [-0.3, -0.25) is 0 Å². The van der Waals surface area contributed by atoms with Gasteiger partial charge in [-0.05, 0) is 47.9 Å². The first-order valence-electron chi connectivity index (χ1n) is 21.3. The number of hydrogen-bond donors (Lipinski definition) is 0. The van der Waals surface area contributed by atoms with Gasteiger partial charge >= 0.3 is 0 Å². The van der Waals surface area contributed by atoms with Crippen LogP contribution in [0.3, 0.4) is 0 Å². The van der Waals surface area contributed by atoms with Crippen LogP contribution in [0.5, 0.6) is 11.5 Å². The molecule has 0 atom stereocenters. The monoisotopic (exact) mass is 814 g/mol. The summed E-state index contributed by atoms with van der Waals surface area (Å²) >= 11 is 7.47. The molecule has 0 amide bonds. The second-order valence-corrected chi connectivity index (χ2v) is 16.8. The van der Waals surface area contributed by atoms with Gasteiger partial charge < -0.3 is 9.47 Å². The molecular weight excluding hydrogens is 744 g/mol. The molecule has 0 aliphatic carbocycles. The maximum atomic E-state index is 6.67. The summed E-state index contributed by atoms with van der Waals surface area (Å²) in [5, 5.41) is 4.71. The van der Waals surface area contributed by atoms with Crippen LogP contribution in [0.1, 0.15) is 194 Å². The predicted octanol–water partition coefficient (Wildman–Crippen LogP) is 17.2. The molecule has 0 aromatic heterocycles. The highest BCUT2D eigenvalue weighted by Gasteiger charge is 2.18. The van der Waals surface area contributed by atoms with E-state index < -0.39 is 0 Å². The van der Waals surface area contributed by atoms with Gasteiger partial charge in [0.2, 0.25) is 0 Å². The third-order valence-corrected chi connectivity index (χ3v) is 11.4. The van der Waals surface area contributed by atoms with E-state index in [2.05, 4.69) is 82.1 Å². The molecule has 0 unspecified atom stereocenters. The average Bonchev–Trinajstić information content (AvgIpc) is 3.12. The summed E-state index contributed by atoms with van der Waals surface area (Å²) in [7, 11) is 0. The van der Waals surface area contributed by atoms with Gasteiger partial charge in [-0.15, -0.1) is 0 Å². The van der Waals surface area contributed by atoms with E-state index >= 15 is 0 Å². The Labute approximate surface area is 324 Å². The first-order chi connectivity index (χ1) is 24.7. The first-order valence-corrected chi connectivity index (χ1v) is 22.8. The van der Waals surface area contributed by atoms with Crippen molar-refractivity contribution in [2.45, 2.75) is 194 Å². The Morgan fingerprint density at radius 2 is 0.600 bits per heavy atom. The molecule has 0 spiro atoms. The molecule has 2 nitrogen and oxygen atoms in total. The summed E-state index contributed by atoms with van der Waals surface area (Å²) < 4.78 is 15.5. The predicted molar refractivity (Wildman–Crippen MR) is 228 cm³/mol. The Bertz CT molecular complexity index is 1190. The van der Waals surface area contributed by atoms with Crippen LogP contribution in [-0.2, 0) is 0 Å². The van der Waals surface area contributed by atoms with E-state index in [1.54, 1.807) is 0 Å². The molecule has 0 aliphatic rings. The van der Waals surface area contributed by atoms with E-state index in [0.717, 1.165) is 57.3 Å². The van der Waals surface area contributed by atoms with Gasteiger partial charge in [0.05, 0.1) is 13.2 Å². The summed E-state index contributed by atoms with van der Waals surface area (Å²) in [5.41, 5.74) is 0. The number of rotatable bonds is 32. The Balaban J connectivity index is 1.42. The molecule has 4 heteroatoms. The van der Waals surface area contributed by atoms with Crippen LogP contribution in [0.4, 0.5) is 0 Å². The number of ether oxygens (including phenoxy) is 2. The van der Waals surface area contributed by atoms with Crippen molar-refractivity contribution in [3.63, 3.8) is 0 Å². The van der Waals surface area contributed by atoms with Crippen molar-refractivity contribution in [2.75, 3.05) is 13.2 Å². The molecule has 0 saturated heterocycles. The molecule has 3 aromatic carbocycles. The minimum absolute atomic E-state index is 0.731. The van der Waals surface area contributed by atoms with Gasteiger partial charge in [-0.1, -0.05) is 225 Å². The van der Waals surface area contributed by atoms with Gasteiger partial charge in [-0.2, -0.15) is 0 Å². The Morgan fingerprint density at radius 1 is 0.340 bits per heavy atom. The molecular formula is C46H72Br2O2. The van der Waals surface area contributed by atoms with E-state index in [4.69, 9.17) is 9.47 Å². The quantitative estimate of drug-likeness (QED) is 0.0462. The maximum Gasteiger partial charge on any atom is 0.169 e. The smallest absolute Gasteiger partial charge is 0.169 e. The van der Waals surface area contributed by atoms with E-state index in [1.165, 1.54) is 178 Å². The third-order valence-electron chi connectivity index (χ3n) is 10.4. The molecule has 0 N–H and O–H groups in total. The van der Waals surface area contributed by atoms with Gasteiger partial charge in [0, 0.05) is 19.7 Å². The van der Waals surface area contributed by atoms with E-state index in [-0.39, 0.29) is 0 Å². The maximum absolute atomic E-state index is 6.67. The molecule has 0 bridgehead atoms. The molecule has 0 radical (unpaired) electrons. The van der Waals surface area contributed by atoms with Crippen molar-refractivity contribution in [1.82, 2.24) is 0 Å². The minimum atomic E-state index is 0.731. The van der Waals surface area contributed by atoms with Crippen LogP contribution in [0.25, 0.3) is 21.5 Å². The van der Waals surface area contributed by atoms with Crippen LogP contribution in [0.2, 0.25) is 0 Å². The standard InChI is InChI=1S/C46H72Br2O2/c1-3-5-7-9-11-13-15-17-19-21-23-25-27-29-35-49-45-43-37-39(47)31-33-41(43)42-34-32-40(48)38-44(42)46(45)50-36-30-28-26-24-22-20-18-16-14-12-10-8-6-4-2/h31-34,37-38H,3-30,35-36H2,1-2H3. The van der Waals surface area contributed by atoms with Crippen LogP contribution < -0.4 is 9.47 Å². The molecule has 3 rings (SSSR count). The minimum Gasteiger partial charge on any atom is -0.489 e. The van der Waals surface area contributed by atoms with Crippen LogP contribution in [-0.4, -0.2) is 13.2 Å². The van der Waals surface area contributed by atoms with E-state index in [1.807, 2.05) is 0 Å².